The van der Waals surface area contributed by atoms with E-state index in [1.165, 1.54) is 16.9 Å². The van der Waals surface area contributed by atoms with Crippen molar-refractivity contribution in [1.82, 2.24) is 14.6 Å². The number of fused-ring (bicyclic) bond motifs is 1. The second-order valence-corrected chi connectivity index (χ2v) is 7.11. The Labute approximate surface area is 166 Å². The molecule has 6 heteroatoms. The maximum Gasteiger partial charge on any atom is 0.229 e. The maximum absolute atomic E-state index is 4.22. The van der Waals surface area contributed by atoms with Gasteiger partial charge in [-0.25, -0.2) is 0 Å². The summed E-state index contributed by atoms with van der Waals surface area (Å²) < 4.78 is 2.93. The van der Waals surface area contributed by atoms with Crippen molar-refractivity contribution in [3.63, 3.8) is 0 Å². The van der Waals surface area contributed by atoms with Crippen molar-refractivity contribution in [2.24, 2.45) is 0 Å². The summed E-state index contributed by atoms with van der Waals surface area (Å²) in [6.45, 7) is 3.77. The first-order chi connectivity index (χ1) is 13.2. The van der Waals surface area contributed by atoms with Crippen LogP contribution in [0.15, 0.2) is 77.4 Å². The molecule has 0 radical (unpaired) electrons. The molecule has 0 aliphatic carbocycles. The number of hydrogen-bond acceptors (Lipinski definition) is 4. The highest BCUT2D eigenvalue weighted by Gasteiger charge is 2.08. The standard InChI is InChI=1S/C21H20BrN5/c1-2-26(18-6-4-3-5-7-18)19-11-8-16(9-12-19)14-23-21-25-24-20-13-10-17(22)15-27(20)21/h3-13,15H,2,14H2,1H3,(H,23,25). The summed E-state index contributed by atoms with van der Waals surface area (Å²) in [6.07, 6.45) is 1.96. The van der Waals surface area contributed by atoms with Crippen molar-refractivity contribution in [2.75, 3.05) is 16.8 Å². The molecule has 4 aromatic rings. The topological polar surface area (TPSA) is 45.5 Å². The lowest BCUT2D eigenvalue weighted by Crippen LogP contribution is -2.15. The average molecular weight is 422 g/mol. The van der Waals surface area contributed by atoms with Crippen molar-refractivity contribution in [3.05, 3.63) is 83.0 Å². The number of anilines is 3. The predicted octanol–water partition coefficient (Wildman–Crippen LogP) is 5.26. The Balaban J connectivity index is 1.48. The van der Waals surface area contributed by atoms with Crippen molar-refractivity contribution < 1.29 is 0 Å². The van der Waals surface area contributed by atoms with Crippen LogP contribution < -0.4 is 10.2 Å². The van der Waals surface area contributed by atoms with Gasteiger partial charge in [0.1, 0.15) is 0 Å². The molecule has 27 heavy (non-hydrogen) atoms. The molecular formula is C21H20BrN5. The molecule has 0 fully saturated rings. The number of aromatic nitrogens is 3. The van der Waals surface area contributed by atoms with Gasteiger partial charge in [-0.1, -0.05) is 30.3 Å². The number of benzene rings is 2. The number of pyridine rings is 1. The van der Waals surface area contributed by atoms with Crippen LogP contribution in [0.2, 0.25) is 0 Å². The summed E-state index contributed by atoms with van der Waals surface area (Å²) >= 11 is 3.49. The van der Waals surface area contributed by atoms with E-state index in [9.17, 15) is 0 Å². The van der Waals surface area contributed by atoms with E-state index in [-0.39, 0.29) is 0 Å². The van der Waals surface area contributed by atoms with E-state index < -0.39 is 0 Å². The van der Waals surface area contributed by atoms with Crippen LogP contribution in [0.1, 0.15) is 12.5 Å². The van der Waals surface area contributed by atoms with E-state index in [1.807, 2.05) is 28.8 Å². The molecule has 2 aromatic carbocycles. The van der Waals surface area contributed by atoms with Crippen LogP contribution in [0.4, 0.5) is 17.3 Å². The third kappa shape index (κ3) is 3.80. The van der Waals surface area contributed by atoms with Crippen LogP contribution in [-0.4, -0.2) is 21.1 Å². The first-order valence-electron chi connectivity index (χ1n) is 8.90. The van der Waals surface area contributed by atoms with Gasteiger partial charge in [-0.05, 0) is 64.8 Å². The van der Waals surface area contributed by atoms with Crippen molar-refractivity contribution in [1.29, 1.82) is 0 Å². The van der Waals surface area contributed by atoms with Crippen LogP contribution in [0, 0.1) is 0 Å². The molecule has 0 atom stereocenters. The number of para-hydroxylation sites is 1. The smallest absolute Gasteiger partial charge is 0.229 e. The van der Waals surface area contributed by atoms with Gasteiger partial charge >= 0.3 is 0 Å². The fraction of sp³-hybridized carbons (Fsp3) is 0.143. The highest BCUT2D eigenvalue weighted by Crippen LogP contribution is 2.25. The molecule has 0 aliphatic rings. The van der Waals surface area contributed by atoms with Crippen molar-refractivity contribution in [2.45, 2.75) is 13.5 Å². The molecule has 4 rings (SSSR count). The molecule has 2 heterocycles. The Hall–Kier alpha value is -2.86. The third-order valence-electron chi connectivity index (χ3n) is 4.45. The van der Waals surface area contributed by atoms with Crippen LogP contribution in [0.3, 0.4) is 0 Å². The largest absolute Gasteiger partial charge is 0.350 e. The Morgan fingerprint density at radius 2 is 1.67 bits per heavy atom. The molecule has 0 amide bonds. The van der Waals surface area contributed by atoms with Gasteiger partial charge in [0, 0.05) is 35.1 Å². The Morgan fingerprint density at radius 3 is 2.41 bits per heavy atom. The normalized spacial score (nSPS) is 10.9. The lowest BCUT2D eigenvalue weighted by Gasteiger charge is -2.23. The minimum atomic E-state index is 0.686. The summed E-state index contributed by atoms with van der Waals surface area (Å²) in [5.74, 6) is 0.731. The summed E-state index contributed by atoms with van der Waals surface area (Å²) in [6, 6.07) is 22.9. The minimum Gasteiger partial charge on any atom is -0.350 e. The molecule has 2 aromatic heterocycles. The van der Waals surface area contributed by atoms with Crippen LogP contribution in [0.25, 0.3) is 5.65 Å². The zero-order valence-electron chi connectivity index (χ0n) is 15.0. The molecule has 0 spiro atoms. The van der Waals surface area contributed by atoms with Crippen LogP contribution in [-0.2, 0) is 6.54 Å². The van der Waals surface area contributed by atoms with Gasteiger partial charge in [-0.3, -0.25) is 4.40 Å². The lowest BCUT2D eigenvalue weighted by molar-refractivity contribution is 1.01. The van der Waals surface area contributed by atoms with E-state index in [0.29, 0.717) is 6.54 Å². The number of nitrogens with one attached hydrogen (secondary N) is 1. The Bertz CT molecular complexity index is 1030. The van der Waals surface area contributed by atoms with Crippen molar-refractivity contribution in [3.8, 4) is 0 Å². The maximum atomic E-state index is 4.22. The molecule has 0 saturated carbocycles. The van der Waals surface area contributed by atoms with E-state index in [4.69, 9.17) is 0 Å². The zero-order chi connectivity index (χ0) is 18.6. The third-order valence-corrected chi connectivity index (χ3v) is 4.92. The van der Waals surface area contributed by atoms with E-state index in [2.05, 4.69) is 91.8 Å². The first kappa shape index (κ1) is 17.5. The van der Waals surface area contributed by atoms with E-state index >= 15 is 0 Å². The van der Waals surface area contributed by atoms with Gasteiger partial charge in [-0.15, -0.1) is 10.2 Å². The summed E-state index contributed by atoms with van der Waals surface area (Å²) in [5.41, 5.74) is 4.39. The zero-order valence-corrected chi connectivity index (χ0v) is 16.6. The Kier molecular flexibility index (Phi) is 5.07. The van der Waals surface area contributed by atoms with Gasteiger partial charge in [-0.2, -0.15) is 0 Å². The lowest BCUT2D eigenvalue weighted by atomic mass is 10.1. The molecule has 0 aliphatic heterocycles. The number of nitrogens with zero attached hydrogens (tertiary/aromatic N) is 4. The van der Waals surface area contributed by atoms with Crippen LogP contribution in [0.5, 0.6) is 0 Å². The summed E-state index contributed by atoms with van der Waals surface area (Å²) in [7, 11) is 0. The molecular weight excluding hydrogens is 402 g/mol. The SMILES string of the molecule is CCN(c1ccccc1)c1ccc(CNc2nnc3ccc(Br)cn23)cc1. The monoisotopic (exact) mass is 421 g/mol. The van der Waals surface area contributed by atoms with Crippen molar-refractivity contribution >= 4 is 38.9 Å². The minimum absolute atomic E-state index is 0.686. The number of rotatable bonds is 6. The molecule has 1 N–H and O–H groups in total. The predicted molar refractivity (Wildman–Crippen MR) is 114 cm³/mol. The van der Waals surface area contributed by atoms with Gasteiger partial charge in [0.25, 0.3) is 0 Å². The highest BCUT2D eigenvalue weighted by atomic mass is 79.9. The molecule has 5 nitrogen and oxygen atoms in total. The quantitative estimate of drug-likeness (QED) is 0.460. The molecule has 0 unspecified atom stereocenters. The van der Waals surface area contributed by atoms with E-state index in [0.717, 1.165) is 22.6 Å². The number of hydrogen-bond donors (Lipinski definition) is 1. The van der Waals surface area contributed by atoms with E-state index in [1.54, 1.807) is 0 Å². The molecule has 0 bridgehead atoms. The molecule has 0 saturated heterocycles. The Morgan fingerprint density at radius 1 is 0.926 bits per heavy atom. The summed E-state index contributed by atoms with van der Waals surface area (Å²) in [5, 5.41) is 11.8. The fourth-order valence-electron chi connectivity index (χ4n) is 3.08. The van der Waals surface area contributed by atoms with Gasteiger partial charge in [0.15, 0.2) is 5.65 Å². The second-order valence-electron chi connectivity index (χ2n) is 6.20. The van der Waals surface area contributed by atoms with Gasteiger partial charge in [0.05, 0.1) is 0 Å². The number of halogens is 1. The van der Waals surface area contributed by atoms with Gasteiger partial charge < -0.3 is 10.2 Å². The second kappa shape index (κ2) is 7.80. The average Bonchev–Trinajstić information content (AvgIpc) is 3.11. The van der Waals surface area contributed by atoms with Crippen LogP contribution >= 0.6 is 15.9 Å². The summed E-state index contributed by atoms with van der Waals surface area (Å²) in [4.78, 5) is 2.29. The molecule has 136 valence electrons. The first-order valence-corrected chi connectivity index (χ1v) is 9.69. The highest BCUT2D eigenvalue weighted by molar-refractivity contribution is 9.10. The fourth-order valence-corrected chi connectivity index (χ4v) is 3.42. The van der Waals surface area contributed by atoms with Gasteiger partial charge in [0.2, 0.25) is 5.95 Å².